The first-order valence-corrected chi connectivity index (χ1v) is 10.0. The van der Waals surface area contributed by atoms with Gasteiger partial charge in [0.15, 0.2) is 0 Å². The molecule has 1 aliphatic rings. The number of carbonyl (C=O) groups is 1. The third-order valence-corrected chi connectivity index (χ3v) is 5.46. The van der Waals surface area contributed by atoms with Gasteiger partial charge < -0.3 is 20.3 Å². The van der Waals surface area contributed by atoms with Gasteiger partial charge in [-0.05, 0) is 28.3 Å². The van der Waals surface area contributed by atoms with Gasteiger partial charge in [-0.15, -0.1) is 0 Å². The van der Waals surface area contributed by atoms with Gasteiger partial charge in [-0.25, -0.2) is 4.79 Å². The molecule has 0 spiro atoms. The van der Waals surface area contributed by atoms with Crippen molar-refractivity contribution in [1.82, 2.24) is 10.3 Å². The molecular weight excluding hydrogens is 414 g/mol. The van der Waals surface area contributed by atoms with Crippen LogP contribution in [0.5, 0.6) is 0 Å². The van der Waals surface area contributed by atoms with Gasteiger partial charge in [-0.1, -0.05) is 48.5 Å². The van der Waals surface area contributed by atoms with Crippen LogP contribution in [0.2, 0.25) is 0 Å². The van der Waals surface area contributed by atoms with Crippen molar-refractivity contribution in [2.75, 3.05) is 13.2 Å². The van der Waals surface area contributed by atoms with Crippen molar-refractivity contribution in [3.63, 3.8) is 0 Å². The Balaban J connectivity index is 1.36. The highest BCUT2D eigenvalue weighted by Crippen LogP contribution is 2.44. The number of rotatable bonds is 7. The molecule has 3 N–H and O–H groups in total. The van der Waals surface area contributed by atoms with E-state index >= 15 is 0 Å². The van der Waals surface area contributed by atoms with E-state index in [0.29, 0.717) is 0 Å². The molecule has 0 bridgehead atoms. The Labute approximate surface area is 183 Å². The second-order valence-corrected chi connectivity index (χ2v) is 7.38. The number of nitrogens with zero attached hydrogens (tertiary/aromatic N) is 2. The third-order valence-electron chi connectivity index (χ3n) is 5.46. The van der Waals surface area contributed by atoms with E-state index in [1.54, 1.807) is 0 Å². The molecule has 0 radical (unpaired) electrons. The van der Waals surface area contributed by atoms with E-state index in [1.165, 1.54) is 18.3 Å². The first-order chi connectivity index (χ1) is 15.5. The number of carbonyl (C=O) groups excluding carboxylic acids is 1. The van der Waals surface area contributed by atoms with E-state index in [-0.39, 0.29) is 24.8 Å². The van der Waals surface area contributed by atoms with Crippen molar-refractivity contribution in [1.29, 1.82) is 0 Å². The zero-order valence-electron chi connectivity index (χ0n) is 16.9. The highest BCUT2D eigenvalue weighted by Gasteiger charge is 2.30. The Hall–Kier alpha value is -3.82. The summed E-state index contributed by atoms with van der Waals surface area (Å²) in [5, 5.41) is 33.9. The number of pyridine rings is 1. The van der Waals surface area contributed by atoms with Crippen molar-refractivity contribution in [3.05, 3.63) is 93.8 Å². The second kappa shape index (κ2) is 9.13. The van der Waals surface area contributed by atoms with Crippen LogP contribution in [0.3, 0.4) is 0 Å². The summed E-state index contributed by atoms with van der Waals surface area (Å²) in [7, 11) is 0. The average Bonchev–Trinajstić information content (AvgIpc) is 3.14. The maximum Gasteiger partial charge on any atom is 0.407 e. The molecule has 2 aromatic carbocycles. The molecule has 32 heavy (non-hydrogen) atoms. The van der Waals surface area contributed by atoms with E-state index in [9.17, 15) is 25.1 Å². The summed E-state index contributed by atoms with van der Waals surface area (Å²) in [6.45, 7) is -0.268. The van der Waals surface area contributed by atoms with Crippen molar-refractivity contribution in [2.45, 2.75) is 18.1 Å². The quantitative estimate of drug-likeness (QED) is 0.384. The molecule has 164 valence electrons. The van der Waals surface area contributed by atoms with E-state index in [1.807, 2.05) is 48.5 Å². The van der Waals surface area contributed by atoms with Crippen LogP contribution in [0.4, 0.5) is 10.5 Å². The molecule has 3 aromatic rings. The molecule has 0 fully saturated rings. The summed E-state index contributed by atoms with van der Waals surface area (Å²) < 4.78 is 5.37. The number of hydrogen-bond acceptors (Lipinski definition) is 7. The number of nitro groups is 1. The van der Waals surface area contributed by atoms with E-state index < -0.39 is 28.9 Å². The topological polar surface area (TPSA) is 135 Å². The second-order valence-electron chi connectivity index (χ2n) is 7.38. The first kappa shape index (κ1) is 21.4. The Morgan fingerprint density at radius 2 is 1.69 bits per heavy atom. The Morgan fingerprint density at radius 3 is 2.31 bits per heavy atom. The molecule has 0 saturated heterocycles. The van der Waals surface area contributed by atoms with Crippen LogP contribution in [-0.4, -0.2) is 45.5 Å². The molecule has 9 heteroatoms. The summed E-state index contributed by atoms with van der Waals surface area (Å²) in [5.74, 6) is -0.111. The van der Waals surface area contributed by atoms with Crippen LogP contribution < -0.4 is 5.32 Å². The Kier molecular flexibility index (Phi) is 6.11. The molecule has 4 rings (SSSR count). The van der Waals surface area contributed by atoms with Crippen molar-refractivity contribution < 1.29 is 24.7 Å². The minimum atomic E-state index is -1.65. The minimum absolute atomic E-state index is 0.101. The number of aliphatic hydroxyl groups excluding tert-OH is 2. The van der Waals surface area contributed by atoms with Crippen molar-refractivity contribution in [2.24, 2.45) is 0 Å². The largest absolute Gasteiger partial charge is 0.449 e. The molecular formula is C23H21N3O6. The summed E-state index contributed by atoms with van der Waals surface area (Å²) in [6, 6.07) is 18.4. The number of amides is 1. The lowest BCUT2D eigenvalue weighted by Gasteiger charge is -2.18. The summed E-state index contributed by atoms with van der Waals surface area (Å²) in [4.78, 5) is 26.4. The predicted molar refractivity (Wildman–Crippen MR) is 115 cm³/mol. The summed E-state index contributed by atoms with van der Waals surface area (Å²) >= 11 is 0. The lowest BCUT2D eigenvalue weighted by atomic mass is 9.98. The number of alkyl carbamates (subject to hydrolysis) is 1. The SMILES string of the molecule is O=C(NCC(O)C(O)c1ncccc1[N+](=O)[O-])OCC1c2ccccc2-c2ccccc21. The van der Waals surface area contributed by atoms with E-state index in [0.717, 1.165) is 22.3 Å². The number of aromatic nitrogens is 1. The fourth-order valence-electron chi connectivity index (χ4n) is 3.92. The van der Waals surface area contributed by atoms with Crippen molar-refractivity contribution in [3.8, 4) is 11.1 Å². The van der Waals surface area contributed by atoms with Gasteiger partial charge in [-0.2, -0.15) is 0 Å². The number of ether oxygens (including phenoxy) is 1. The molecule has 1 aliphatic carbocycles. The Morgan fingerprint density at radius 1 is 1.06 bits per heavy atom. The van der Waals surface area contributed by atoms with Crippen LogP contribution in [0, 0.1) is 10.1 Å². The molecule has 0 saturated carbocycles. The molecule has 1 amide bonds. The lowest BCUT2D eigenvalue weighted by Crippen LogP contribution is -2.36. The maximum atomic E-state index is 12.2. The number of aliphatic hydroxyl groups is 2. The molecule has 1 aromatic heterocycles. The predicted octanol–water partition coefficient (Wildman–Crippen LogP) is 2.92. The Bertz CT molecular complexity index is 1110. The average molecular weight is 435 g/mol. The molecule has 2 unspecified atom stereocenters. The summed E-state index contributed by atoms with van der Waals surface area (Å²) in [6.07, 6.45) is -2.65. The van der Waals surface area contributed by atoms with Gasteiger partial charge in [0.25, 0.3) is 5.69 Å². The minimum Gasteiger partial charge on any atom is -0.449 e. The molecule has 1 heterocycles. The highest BCUT2D eigenvalue weighted by atomic mass is 16.6. The van der Waals surface area contributed by atoms with Crippen LogP contribution in [0.25, 0.3) is 11.1 Å². The normalized spacial score (nSPS) is 14.2. The zero-order chi connectivity index (χ0) is 22.7. The maximum absolute atomic E-state index is 12.2. The van der Waals surface area contributed by atoms with Crippen LogP contribution in [0.15, 0.2) is 66.9 Å². The fourth-order valence-corrected chi connectivity index (χ4v) is 3.92. The molecule has 2 atom stereocenters. The number of fused-ring (bicyclic) bond motifs is 3. The van der Waals surface area contributed by atoms with Crippen LogP contribution in [-0.2, 0) is 4.74 Å². The van der Waals surface area contributed by atoms with Gasteiger partial charge >= 0.3 is 6.09 Å². The first-order valence-electron chi connectivity index (χ1n) is 10.0. The number of nitrogens with one attached hydrogen (secondary N) is 1. The van der Waals surface area contributed by atoms with Crippen LogP contribution in [0.1, 0.15) is 28.8 Å². The van der Waals surface area contributed by atoms with E-state index in [2.05, 4.69) is 10.3 Å². The molecule has 9 nitrogen and oxygen atoms in total. The lowest BCUT2D eigenvalue weighted by molar-refractivity contribution is -0.386. The third kappa shape index (κ3) is 4.16. The van der Waals surface area contributed by atoms with Gasteiger partial charge in [0.05, 0.1) is 4.92 Å². The van der Waals surface area contributed by atoms with Crippen molar-refractivity contribution >= 4 is 11.8 Å². The highest BCUT2D eigenvalue weighted by molar-refractivity contribution is 5.79. The smallest absolute Gasteiger partial charge is 0.407 e. The standard InChI is InChI=1S/C23H21N3O6/c27-20(22(28)21-19(26(30)31)10-5-11-24-21)12-25-23(29)32-13-18-16-8-3-1-6-14(16)15-7-2-4-9-17(15)18/h1-11,18,20,22,27-28H,12-13H2,(H,25,29). The van der Waals surface area contributed by atoms with E-state index in [4.69, 9.17) is 4.74 Å². The van der Waals surface area contributed by atoms with Gasteiger partial charge in [-0.3, -0.25) is 15.1 Å². The number of benzene rings is 2. The van der Waals surface area contributed by atoms with Gasteiger partial charge in [0, 0.05) is 24.7 Å². The zero-order valence-corrected chi connectivity index (χ0v) is 16.9. The monoisotopic (exact) mass is 435 g/mol. The van der Waals surface area contributed by atoms with Gasteiger partial charge in [0.1, 0.15) is 24.5 Å². The summed E-state index contributed by atoms with van der Waals surface area (Å²) in [5.41, 5.74) is 3.65. The number of hydrogen-bond donors (Lipinski definition) is 3. The molecule has 0 aliphatic heterocycles. The van der Waals surface area contributed by atoms with Crippen LogP contribution >= 0.6 is 0 Å². The van der Waals surface area contributed by atoms with Gasteiger partial charge in [0.2, 0.25) is 0 Å². The fraction of sp³-hybridized carbons (Fsp3) is 0.217.